The molecule has 0 saturated heterocycles. The SMILES string of the molecule is COc1ccc([C@H](C)NC(=O)CCc2ccc(S(=O)(=O)NC(C)C)cc2)cc1OC. The summed E-state index contributed by atoms with van der Waals surface area (Å²) in [6.45, 7) is 5.45. The van der Waals surface area contributed by atoms with Crippen LogP contribution < -0.4 is 19.5 Å². The minimum absolute atomic E-state index is 0.0875. The summed E-state index contributed by atoms with van der Waals surface area (Å²) >= 11 is 0. The lowest BCUT2D eigenvalue weighted by Crippen LogP contribution is -2.30. The first-order chi connectivity index (χ1) is 14.2. The molecule has 8 heteroatoms. The largest absolute Gasteiger partial charge is 0.493 e. The zero-order valence-corrected chi connectivity index (χ0v) is 18.9. The third-order valence-electron chi connectivity index (χ3n) is 4.55. The van der Waals surface area contributed by atoms with Crippen molar-refractivity contribution in [3.8, 4) is 11.5 Å². The molecule has 30 heavy (non-hydrogen) atoms. The van der Waals surface area contributed by atoms with E-state index in [1.807, 2.05) is 19.1 Å². The fourth-order valence-electron chi connectivity index (χ4n) is 2.99. The van der Waals surface area contributed by atoms with E-state index < -0.39 is 10.0 Å². The summed E-state index contributed by atoms with van der Waals surface area (Å²) < 4.78 is 37.4. The molecule has 2 aromatic rings. The van der Waals surface area contributed by atoms with Crippen LogP contribution in [0, 0.1) is 0 Å². The first kappa shape index (κ1) is 23.7. The molecule has 2 aromatic carbocycles. The lowest BCUT2D eigenvalue weighted by Gasteiger charge is -2.16. The number of hydrogen-bond donors (Lipinski definition) is 2. The zero-order chi connectivity index (χ0) is 22.3. The number of aryl methyl sites for hydroxylation is 1. The Morgan fingerprint density at radius 3 is 2.17 bits per heavy atom. The van der Waals surface area contributed by atoms with Gasteiger partial charge >= 0.3 is 0 Å². The Kier molecular flexibility index (Phi) is 8.25. The molecule has 0 unspecified atom stereocenters. The molecule has 2 rings (SSSR count). The summed E-state index contributed by atoms with van der Waals surface area (Å²) in [5, 5.41) is 2.97. The number of rotatable bonds is 10. The smallest absolute Gasteiger partial charge is 0.240 e. The number of amides is 1. The van der Waals surface area contributed by atoms with Gasteiger partial charge in [0.05, 0.1) is 25.2 Å². The van der Waals surface area contributed by atoms with Crippen LogP contribution in [0.5, 0.6) is 11.5 Å². The minimum Gasteiger partial charge on any atom is -0.493 e. The van der Waals surface area contributed by atoms with Crippen molar-refractivity contribution in [2.45, 2.75) is 50.6 Å². The molecule has 0 aromatic heterocycles. The number of carbonyl (C=O) groups is 1. The average Bonchev–Trinajstić information content (AvgIpc) is 2.71. The van der Waals surface area contributed by atoms with Crippen LogP contribution in [0.3, 0.4) is 0 Å². The van der Waals surface area contributed by atoms with Crippen molar-refractivity contribution >= 4 is 15.9 Å². The van der Waals surface area contributed by atoms with E-state index in [4.69, 9.17) is 9.47 Å². The fraction of sp³-hybridized carbons (Fsp3) is 0.409. The van der Waals surface area contributed by atoms with E-state index in [1.54, 1.807) is 58.4 Å². The summed E-state index contributed by atoms with van der Waals surface area (Å²) in [6.07, 6.45) is 0.816. The number of sulfonamides is 1. The second-order valence-electron chi connectivity index (χ2n) is 7.32. The van der Waals surface area contributed by atoms with Crippen molar-refractivity contribution in [3.63, 3.8) is 0 Å². The Labute approximate surface area is 178 Å². The Morgan fingerprint density at radius 1 is 0.967 bits per heavy atom. The molecule has 0 aliphatic rings. The van der Waals surface area contributed by atoms with Crippen molar-refractivity contribution in [2.75, 3.05) is 14.2 Å². The van der Waals surface area contributed by atoms with E-state index in [-0.39, 0.29) is 22.9 Å². The zero-order valence-electron chi connectivity index (χ0n) is 18.1. The maximum Gasteiger partial charge on any atom is 0.240 e. The lowest BCUT2D eigenvalue weighted by molar-refractivity contribution is -0.121. The van der Waals surface area contributed by atoms with E-state index >= 15 is 0 Å². The van der Waals surface area contributed by atoms with Gasteiger partial charge in [0.15, 0.2) is 11.5 Å². The van der Waals surface area contributed by atoms with Gasteiger partial charge in [-0.25, -0.2) is 13.1 Å². The van der Waals surface area contributed by atoms with Crippen molar-refractivity contribution in [1.29, 1.82) is 0 Å². The van der Waals surface area contributed by atoms with Crippen LogP contribution in [0.25, 0.3) is 0 Å². The Bertz CT molecular complexity index is 956. The third-order valence-corrected chi connectivity index (χ3v) is 6.22. The van der Waals surface area contributed by atoms with Crippen molar-refractivity contribution < 1.29 is 22.7 Å². The van der Waals surface area contributed by atoms with Gasteiger partial charge in [0.25, 0.3) is 0 Å². The number of benzene rings is 2. The number of carbonyl (C=O) groups excluding carboxylic acids is 1. The molecule has 0 aliphatic heterocycles. The molecule has 1 atom stereocenters. The molecule has 0 fully saturated rings. The fourth-order valence-corrected chi connectivity index (χ4v) is 4.24. The van der Waals surface area contributed by atoms with Crippen LogP contribution in [-0.2, 0) is 21.2 Å². The number of ether oxygens (including phenoxy) is 2. The minimum atomic E-state index is -3.51. The predicted octanol–water partition coefficient (Wildman–Crippen LogP) is 3.20. The lowest BCUT2D eigenvalue weighted by atomic mass is 10.1. The van der Waals surface area contributed by atoms with Crippen molar-refractivity contribution in [2.24, 2.45) is 0 Å². The number of methoxy groups -OCH3 is 2. The standard InChI is InChI=1S/C22H30N2O5S/c1-15(2)24-30(26,27)19-10-6-17(7-11-19)8-13-22(25)23-16(3)18-9-12-20(28-4)21(14-18)29-5/h6-7,9-12,14-16,24H,8,13H2,1-5H3,(H,23,25)/t16-/m0/s1. The number of nitrogens with one attached hydrogen (secondary N) is 2. The highest BCUT2D eigenvalue weighted by atomic mass is 32.2. The Balaban J connectivity index is 1.93. The normalized spacial score (nSPS) is 12.5. The van der Waals surface area contributed by atoms with Gasteiger partial charge in [0.1, 0.15) is 0 Å². The van der Waals surface area contributed by atoms with Gasteiger partial charge in [0.2, 0.25) is 15.9 Å². The van der Waals surface area contributed by atoms with E-state index in [9.17, 15) is 13.2 Å². The first-order valence-corrected chi connectivity index (χ1v) is 11.3. The summed E-state index contributed by atoms with van der Waals surface area (Å²) in [5.74, 6) is 1.15. The topological polar surface area (TPSA) is 93.7 Å². The quantitative estimate of drug-likeness (QED) is 0.599. The third kappa shape index (κ3) is 6.47. The molecule has 0 aliphatic carbocycles. The Morgan fingerprint density at radius 2 is 1.60 bits per heavy atom. The molecule has 0 heterocycles. The molecule has 0 bridgehead atoms. The second kappa shape index (κ2) is 10.4. The van der Waals surface area contributed by atoms with Gasteiger partial charge in [-0.3, -0.25) is 4.79 Å². The van der Waals surface area contributed by atoms with Crippen LogP contribution in [0.4, 0.5) is 0 Å². The Hall–Kier alpha value is -2.58. The van der Waals surface area contributed by atoms with Crippen LogP contribution in [0.2, 0.25) is 0 Å². The second-order valence-corrected chi connectivity index (χ2v) is 9.04. The van der Waals surface area contributed by atoms with Gasteiger partial charge in [-0.1, -0.05) is 18.2 Å². The van der Waals surface area contributed by atoms with Gasteiger partial charge in [-0.15, -0.1) is 0 Å². The van der Waals surface area contributed by atoms with Crippen LogP contribution in [0.1, 0.15) is 44.4 Å². The maximum absolute atomic E-state index is 12.4. The summed E-state index contributed by atoms with van der Waals surface area (Å²) in [5.41, 5.74) is 1.81. The molecule has 2 N–H and O–H groups in total. The first-order valence-electron chi connectivity index (χ1n) is 9.79. The molecule has 0 spiro atoms. The van der Waals surface area contributed by atoms with E-state index in [0.717, 1.165) is 11.1 Å². The summed E-state index contributed by atoms with van der Waals surface area (Å²) in [6, 6.07) is 11.8. The van der Waals surface area contributed by atoms with Crippen molar-refractivity contribution in [3.05, 3.63) is 53.6 Å². The highest BCUT2D eigenvalue weighted by Crippen LogP contribution is 2.29. The molecule has 7 nitrogen and oxygen atoms in total. The molecule has 164 valence electrons. The van der Waals surface area contributed by atoms with Crippen LogP contribution >= 0.6 is 0 Å². The van der Waals surface area contributed by atoms with E-state index in [2.05, 4.69) is 10.0 Å². The van der Waals surface area contributed by atoms with E-state index in [1.165, 1.54) is 0 Å². The summed E-state index contributed by atoms with van der Waals surface area (Å²) in [4.78, 5) is 12.6. The monoisotopic (exact) mass is 434 g/mol. The van der Waals surface area contributed by atoms with Gasteiger partial charge in [0, 0.05) is 12.5 Å². The highest BCUT2D eigenvalue weighted by Gasteiger charge is 2.16. The van der Waals surface area contributed by atoms with Gasteiger partial charge in [-0.05, 0) is 62.6 Å². The maximum atomic E-state index is 12.4. The van der Waals surface area contributed by atoms with E-state index in [0.29, 0.717) is 24.3 Å². The molecule has 0 radical (unpaired) electrons. The van der Waals surface area contributed by atoms with Gasteiger partial charge < -0.3 is 14.8 Å². The number of hydrogen-bond acceptors (Lipinski definition) is 5. The predicted molar refractivity (Wildman–Crippen MR) is 116 cm³/mol. The molecule has 0 saturated carbocycles. The van der Waals surface area contributed by atoms with Gasteiger partial charge in [-0.2, -0.15) is 0 Å². The highest BCUT2D eigenvalue weighted by molar-refractivity contribution is 7.89. The molecular formula is C22H30N2O5S. The average molecular weight is 435 g/mol. The molecular weight excluding hydrogens is 404 g/mol. The van der Waals surface area contributed by atoms with Crippen molar-refractivity contribution in [1.82, 2.24) is 10.0 Å². The van der Waals surface area contributed by atoms with Crippen LogP contribution in [0.15, 0.2) is 47.4 Å². The molecule has 1 amide bonds. The van der Waals surface area contributed by atoms with Crippen LogP contribution in [-0.4, -0.2) is 34.6 Å². The summed E-state index contributed by atoms with van der Waals surface area (Å²) in [7, 11) is -0.369.